The lowest BCUT2D eigenvalue weighted by molar-refractivity contribution is 0.414. The van der Waals surface area contributed by atoms with Crippen molar-refractivity contribution in [1.82, 2.24) is 19.7 Å². The highest BCUT2D eigenvalue weighted by atomic mass is 32.2. The first-order chi connectivity index (χ1) is 10.8. The van der Waals surface area contributed by atoms with E-state index in [4.69, 9.17) is 4.74 Å². The van der Waals surface area contributed by atoms with Gasteiger partial charge in [0.05, 0.1) is 24.7 Å². The third-order valence-electron chi connectivity index (χ3n) is 4.19. The number of aromatic nitrogens is 4. The minimum Gasteiger partial charge on any atom is -0.497 e. The van der Waals surface area contributed by atoms with Crippen LogP contribution in [0.5, 0.6) is 5.75 Å². The molecule has 6 heteroatoms. The number of nitrogens with zero attached hydrogens (tertiary/aromatic N) is 4. The van der Waals surface area contributed by atoms with E-state index in [2.05, 4.69) is 27.2 Å². The van der Waals surface area contributed by atoms with Gasteiger partial charge in [0.25, 0.3) is 0 Å². The lowest BCUT2D eigenvalue weighted by Gasteiger charge is -2.13. The highest BCUT2D eigenvalue weighted by Crippen LogP contribution is 2.37. The largest absolute Gasteiger partial charge is 0.497 e. The first-order valence-electron chi connectivity index (χ1n) is 7.21. The smallest absolute Gasteiger partial charge is 0.189 e. The number of ether oxygens (including phenoxy) is 1. The summed E-state index contributed by atoms with van der Waals surface area (Å²) in [4.78, 5) is 8.95. The van der Waals surface area contributed by atoms with E-state index in [1.165, 1.54) is 11.1 Å². The molecule has 0 amide bonds. The van der Waals surface area contributed by atoms with Crippen LogP contribution in [0.4, 0.5) is 0 Å². The van der Waals surface area contributed by atoms with Gasteiger partial charge in [0.15, 0.2) is 10.8 Å². The van der Waals surface area contributed by atoms with Gasteiger partial charge in [0.1, 0.15) is 5.75 Å². The molecule has 1 atom stereocenters. The van der Waals surface area contributed by atoms with Crippen LogP contribution >= 0.6 is 11.8 Å². The van der Waals surface area contributed by atoms with E-state index in [1.807, 2.05) is 29.4 Å². The van der Waals surface area contributed by atoms with Gasteiger partial charge in [-0.25, -0.2) is 14.6 Å². The number of thioether (sulfide) groups is 1. The zero-order chi connectivity index (χ0) is 15.1. The van der Waals surface area contributed by atoms with E-state index in [9.17, 15) is 0 Å². The molecule has 0 radical (unpaired) electrons. The lowest BCUT2D eigenvalue weighted by atomic mass is 10.1. The molecule has 0 aliphatic heterocycles. The van der Waals surface area contributed by atoms with E-state index in [0.29, 0.717) is 0 Å². The third-order valence-corrected chi connectivity index (χ3v) is 4.75. The maximum absolute atomic E-state index is 5.32. The Kier molecular flexibility index (Phi) is 3.26. The molecule has 1 aliphatic carbocycles. The van der Waals surface area contributed by atoms with Gasteiger partial charge in [-0.2, -0.15) is 5.10 Å². The number of benzene rings is 1. The van der Waals surface area contributed by atoms with Gasteiger partial charge >= 0.3 is 0 Å². The van der Waals surface area contributed by atoms with Crippen molar-refractivity contribution in [2.24, 2.45) is 0 Å². The van der Waals surface area contributed by atoms with Crippen LogP contribution in [0.1, 0.15) is 23.6 Å². The summed E-state index contributed by atoms with van der Waals surface area (Å²) in [5, 5.41) is 6.33. The summed E-state index contributed by atoms with van der Waals surface area (Å²) in [5.41, 5.74) is 3.57. The number of rotatable bonds is 3. The maximum atomic E-state index is 5.32. The Labute approximate surface area is 132 Å². The van der Waals surface area contributed by atoms with Crippen molar-refractivity contribution < 1.29 is 4.74 Å². The molecule has 0 saturated carbocycles. The van der Waals surface area contributed by atoms with E-state index >= 15 is 0 Å². The fourth-order valence-electron chi connectivity index (χ4n) is 3.10. The van der Waals surface area contributed by atoms with Crippen LogP contribution in [0.25, 0.3) is 11.0 Å². The second kappa shape index (κ2) is 5.28. The second-order valence-electron chi connectivity index (χ2n) is 5.34. The zero-order valence-corrected chi connectivity index (χ0v) is 13.3. The Morgan fingerprint density at radius 2 is 2.23 bits per heavy atom. The van der Waals surface area contributed by atoms with E-state index in [1.54, 1.807) is 18.9 Å². The third kappa shape index (κ3) is 2.06. The van der Waals surface area contributed by atoms with Crippen molar-refractivity contribution in [3.05, 3.63) is 41.7 Å². The first kappa shape index (κ1) is 13.6. The van der Waals surface area contributed by atoms with E-state index < -0.39 is 0 Å². The molecule has 22 heavy (non-hydrogen) atoms. The molecular formula is C16H16N4OS. The number of aryl methyl sites for hydroxylation is 1. The average Bonchev–Trinajstić information content (AvgIpc) is 3.16. The van der Waals surface area contributed by atoms with Crippen LogP contribution in [0.3, 0.4) is 0 Å². The lowest BCUT2D eigenvalue weighted by Crippen LogP contribution is -2.10. The summed E-state index contributed by atoms with van der Waals surface area (Å²) in [6.45, 7) is 0. The number of methoxy groups -OCH3 is 1. The minimum absolute atomic E-state index is 0.239. The average molecular weight is 312 g/mol. The molecule has 3 aromatic rings. The molecule has 1 aliphatic rings. The fourth-order valence-corrected chi connectivity index (χ4v) is 3.43. The SMILES string of the molecule is COc1ccc2c(c1)CC[C@@H]2n1ncc2cnc(SC)nc21. The molecule has 2 heterocycles. The van der Waals surface area contributed by atoms with Crippen molar-refractivity contribution in [3.8, 4) is 5.75 Å². The molecule has 5 nitrogen and oxygen atoms in total. The van der Waals surface area contributed by atoms with Crippen LogP contribution in [-0.2, 0) is 6.42 Å². The Bertz CT molecular complexity index is 845. The molecule has 0 spiro atoms. The van der Waals surface area contributed by atoms with Crippen molar-refractivity contribution in [2.75, 3.05) is 13.4 Å². The van der Waals surface area contributed by atoms with Crippen molar-refractivity contribution in [1.29, 1.82) is 0 Å². The molecule has 2 aromatic heterocycles. The van der Waals surface area contributed by atoms with Crippen molar-refractivity contribution in [3.63, 3.8) is 0 Å². The Morgan fingerprint density at radius 3 is 3.05 bits per heavy atom. The Hall–Kier alpha value is -2.08. The molecule has 0 bridgehead atoms. The van der Waals surface area contributed by atoms with Gasteiger partial charge < -0.3 is 4.74 Å². The summed E-state index contributed by atoms with van der Waals surface area (Å²) in [6.07, 6.45) is 7.76. The molecule has 1 aromatic carbocycles. The van der Waals surface area contributed by atoms with Gasteiger partial charge in [0.2, 0.25) is 0 Å². The standard InChI is InChI=1S/C16H16N4OS/c1-21-12-4-5-13-10(7-12)3-6-14(13)20-15-11(9-18-20)8-17-16(19-15)22-2/h4-5,7-9,14H,3,6H2,1-2H3/t14-/m0/s1. The van der Waals surface area contributed by atoms with Crippen molar-refractivity contribution >= 4 is 22.8 Å². The molecule has 0 unspecified atom stereocenters. The summed E-state index contributed by atoms with van der Waals surface area (Å²) < 4.78 is 7.36. The van der Waals surface area contributed by atoms with Crippen LogP contribution in [0.2, 0.25) is 0 Å². The molecule has 4 rings (SSSR count). The maximum Gasteiger partial charge on any atom is 0.189 e. The highest BCUT2D eigenvalue weighted by molar-refractivity contribution is 7.98. The normalized spacial score (nSPS) is 16.9. The van der Waals surface area contributed by atoms with Gasteiger partial charge in [-0.3, -0.25) is 0 Å². The quantitative estimate of drug-likeness (QED) is 0.549. The number of hydrogen-bond donors (Lipinski definition) is 0. The van der Waals surface area contributed by atoms with Gasteiger partial charge in [0, 0.05) is 6.20 Å². The Morgan fingerprint density at radius 1 is 1.32 bits per heavy atom. The monoisotopic (exact) mass is 312 g/mol. The predicted molar refractivity (Wildman–Crippen MR) is 86.6 cm³/mol. The van der Waals surface area contributed by atoms with Crippen LogP contribution in [-0.4, -0.2) is 33.1 Å². The zero-order valence-electron chi connectivity index (χ0n) is 12.5. The van der Waals surface area contributed by atoms with Crippen molar-refractivity contribution in [2.45, 2.75) is 24.0 Å². The van der Waals surface area contributed by atoms with Gasteiger partial charge in [-0.05, 0) is 42.4 Å². The molecule has 0 saturated heterocycles. The topological polar surface area (TPSA) is 52.8 Å². The van der Waals surface area contributed by atoms with E-state index in [-0.39, 0.29) is 6.04 Å². The Balaban J connectivity index is 1.81. The predicted octanol–water partition coefficient (Wildman–Crippen LogP) is 3.09. The summed E-state index contributed by atoms with van der Waals surface area (Å²) in [5.74, 6) is 0.914. The molecular weight excluding hydrogens is 296 g/mol. The van der Waals surface area contributed by atoms with Gasteiger partial charge in [-0.15, -0.1) is 0 Å². The first-order valence-corrected chi connectivity index (χ1v) is 8.43. The summed E-state index contributed by atoms with van der Waals surface area (Å²) >= 11 is 1.55. The van der Waals surface area contributed by atoms with Gasteiger partial charge in [-0.1, -0.05) is 17.8 Å². The summed E-state index contributed by atoms with van der Waals surface area (Å²) in [7, 11) is 1.70. The minimum atomic E-state index is 0.239. The van der Waals surface area contributed by atoms with Crippen LogP contribution < -0.4 is 4.74 Å². The molecule has 0 N–H and O–H groups in total. The number of fused-ring (bicyclic) bond motifs is 2. The van der Waals surface area contributed by atoms with E-state index in [0.717, 1.165) is 34.8 Å². The number of hydrogen-bond acceptors (Lipinski definition) is 5. The highest BCUT2D eigenvalue weighted by Gasteiger charge is 2.26. The summed E-state index contributed by atoms with van der Waals surface area (Å²) in [6, 6.07) is 6.54. The molecule has 0 fully saturated rings. The second-order valence-corrected chi connectivity index (χ2v) is 6.12. The fraction of sp³-hybridized carbons (Fsp3) is 0.312. The van der Waals surface area contributed by atoms with Crippen LogP contribution in [0.15, 0.2) is 35.7 Å². The van der Waals surface area contributed by atoms with Crippen LogP contribution in [0, 0.1) is 0 Å². The molecule has 112 valence electrons.